The van der Waals surface area contributed by atoms with Crippen LogP contribution in [0.3, 0.4) is 0 Å². The number of carboxylic acids is 1. The van der Waals surface area contributed by atoms with Crippen LogP contribution in [-0.2, 0) is 4.79 Å². The monoisotopic (exact) mass is 198 g/mol. The molecule has 0 amide bonds. The molecule has 0 heterocycles. The number of hydrogen-bond donors (Lipinski definition) is 1. The molecule has 0 unspecified atom stereocenters. The Bertz CT molecular complexity index is 150. The van der Waals surface area contributed by atoms with Gasteiger partial charge < -0.3 is 5.11 Å². The van der Waals surface area contributed by atoms with Gasteiger partial charge in [0.2, 0.25) is 0 Å². The largest absolute Gasteiger partial charge is 0.478 e. The summed E-state index contributed by atoms with van der Waals surface area (Å²) in [6.45, 7) is 2.08. The molecule has 0 saturated heterocycles. The van der Waals surface area contributed by atoms with E-state index in [1.165, 1.54) is 38.2 Å². The van der Waals surface area contributed by atoms with Crippen LogP contribution >= 0.6 is 0 Å². The Morgan fingerprint density at radius 1 is 1.21 bits per heavy atom. The maximum Gasteiger partial charge on any atom is 0.327 e. The first-order valence-corrected chi connectivity index (χ1v) is 5.67. The minimum Gasteiger partial charge on any atom is -0.478 e. The predicted octanol–water partition coefficient (Wildman–Crippen LogP) is 3.77. The van der Waals surface area contributed by atoms with Gasteiger partial charge in [-0.15, -0.1) is 0 Å². The Morgan fingerprint density at radius 3 is 2.07 bits per heavy atom. The number of aliphatic carboxylic acids is 1. The smallest absolute Gasteiger partial charge is 0.327 e. The van der Waals surface area contributed by atoms with Gasteiger partial charge in [0.05, 0.1) is 0 Å². The fourth-order valence-corrected chi connectivity index (χ4v) is 1.39. The van der Waals surface area contributed by atoms with Crippen LogP contribution in [0.25, 0.3) is 0 Å². The molecule has 1 rings (SSSR count). The summed E-state index contributed by atoms with van der Waals surface area (Å²) in [4.78, 5) is 9.88. The topological polar surface area (TPSA) is 37.3 Å². The van der Waals surface area contributed by atoms with E-state index in [2.05, 4.69) is 6.92 Å². The van der Waals surface area contributed by atoms with Gasteiger partial charge in [-0.25, -0.2) is 4.79 Å². The molecule has 1 aliphatic rings. The van der Waals surface area contributed by atoms with E-state index in [-0.39, 0.29) is 0 Å². The first-order chi connectivity index (χ1) is 6.77. The van der Waals surface area contributed by atoms with Gasteiger partial charge in [-0.05, 0) is 6.42 Å². The summed E-state index contributed by atoms with van der Waals surface area (Å²) in [5, 5.41) is 8.13. The molecule has 0 aromatic carbocycles. The second-order valence-corrected chi connectivity index (χ2v) is 3.65. The van der Waals surface area contributed by atoms with Crippen molar-refractivity contribution in [1.82, 2.24) is 0 Å². The second kappa shape index (κ2) is 10.3. The number of rotatable bonds is 4. The highest BCUT2D eigenvalue weighted by Gasteiger charge is 1.95. The molecule has 0 spiro atoms. The molecule has 0 bridgehead atoms. The molecule has 0 aliphatic heterocycles. The van der Waals surface area contributed by atoms with Gasteiger partial charge in [0, 0.05) is 6.08 Å². The predicted molar refractivity (Wildman–Crippen MR) is 59.4 cm³/mol. The number of carboxylic acid groups (broad SMARTS) is 1. The number of carbonyl (C=O) groups is 1. The molecular weight excluding hydrogens is 176 g/mol. The van der Waals surface area contributed by atoms with Gasteiger partial charge in [0.15, 0.2) is 0 Å². The maximum absolute atomic E-state index is 9.88. The van der Waals surface area contributed by atoms with Crippen LogP contribution in [0.4, 0.5) is 0 Å². The van der Waals surface area contributed by atoms with Crippen molar-refractivity contribution >= 4 is 5.97 Å². The summed E-state index contributed by atoms with van der Waals surface area (Å²) in [5.41, 5.74) is 0. The molecule has 2 heteroatoms. The standard InChI is InChI=1S/C7H12O2.C5H10/c1-2-3-4-5-6-7(8)9;1-2-4-5-3-1/h5-6H,2-4H2,1H3,(H,8,9);1-5H2. The Kier molecular flexibility index (Phi) is 9.71. The van der Waals surface area contributed by atoms with Crippen LogP contribution in [0.15, 0.2) is 12.2 Å². The molecule has 2 nitrogen and oxygen atoms in total. The van der Waals surface area contributed by atoms with Gasteiger partial charge in [-0.1, -0.05) is 57.9 Å². The van der Waals surface area contributed by atoms with Crippen LogP contribution < -0.4 is 0 Å². The zero-order chi connectivity index (χ0) is 10.6. The lowest BCUT2D eigenvalue weighted by atomic mass is 10.2. The van der Waals surface area contributed by atoms with E-state index in [1.54, 1.807) is 6.08 Å². The summed E-state index contributed by atoms with van der Waals surface area (Å²) in [6, 6.07) is 0. The SMILES string of the molecule is C1CCCC1.CCCCC=CC(=O)O. The van der Waals surface area contributed by atoms with Crippen LogP contribution in [0.2, 0.25) is 0 Å². The summed E-state index contributed by atoms with van der Waals surface area (Å²) in [7, 11) is 0. The van der Waals surface area contributed by atoms with Gasteiger partial charge in [0.25, 0.3) is 0 Å². The molecule has 1 fully saturated rings. The van der Waals surface area contributed by atoms with E-state index in [0.717, 1.165) is 19.3 Å². The minimum atomic E-state index is -0.855. The van der Waals surface area contributed by atoms with Gasteiger partial charge in [-0.2, -0.15) is 0 Å². The number of allylic oxidation sites excluding steroid dienone is 1. The Morgan fingerprint density at radius 2 is 1.71 bits per heavy atom. The molecule has 1 saturated carbocycles. The first-order valence-electron chi connectivity index (χ1n) is 5.67. The molecule has 1 aliphatic carbocycles. The van der Waals surface area contributed by atoms with Crippen LogP contribution in [0.1, 0.15) is 58.3 Å². The lowest BCUT2D eigenvalue weighted by Crippen LogP contribution is -1.85. The molecule has 0 aromatic heterocycles. The van der Waals surface area contributed by atoms with Crippen molar-refractivity contribution in [2.75, 3.05) is 0 Å². The normalized spacial score (nSPS) is 15.2. The molecule has 82 valence electrons. The quantitative estimate of drug-likeness (QED) is 0.551. The van der Waals surface area contributed by atoms with E-state index >= 15 is 0 Å². The molecule has 0 aromatic rings. The third-order valence-corrected chi connectivity index (χ3v) is 2.23. The van der Waals surface area contributed by atoms with Crippen molar-refractivity contribution in [2.24, 2.45) is 0 Å². The fraction of sp³-hybridized carbons (Fsp3) is 0.750. The lowest BCUT2D eigenvalue weighted by molar-refractivity contribution is -0.131. The summed E-state index contributed by atoms with van der Waals surface area (Å²) in [5.74, 6) is -0.855. The van der Waals surface area contributed by atoms with Crippen molar-refractivity contribution in [3.05, 3.63) is 12.2 Å². The summed E-state index contributed by atoms with van der Waals surface area (Å²) >= 11 is 0. The van der Waals surface area contributed by atoms with Crippen LogP contribution in [-0.4, -0.2) is 11.1 Å². The third kappa shape index (κ3) is 11.2. The van der Waals surface area contributed by atoms with Gasteiger partial charge in [-0.3, -0.25) is 0 Å². The van der Waals surface area contributed by atoms with Crippen molar-refractivity contribution in [3.63, 3.8) is 0 Å². The molecule has 1 N–H and O–H groups in total. The van der Waals surface area contributed by atoms with Crippen molar-refractivity contribution in [2.45, 2.75) is 58.3 Å². The lowest BCUT2D eigenvalue weighted by Gasteiger charge is -1.85. The van der Waals surface area contributed by atoms with Crippen LogP contribution in [0, 0.1) is 0 Å². The van der Waals surface area contributed by atoms with E-state index in [0.29, 0.717) is 0 Å². The highest BCUT2D eigenvalue weighted by Crippen LogP contribution is 2.15. The molecule has 0 atom stereocenters. The van der Waals surface area contributed by atoms with Crippen molar-refractivity contribution in [1.29, 1.82) is 0 Å². The zero-order valence-electron chi connectivity index (χ0n) is 9.17. The highest BCUT2D eigenvalue weighted by molar-refractivity contribution is 5.79. The van der Waals surface area contributed by atoms with E-state index in [1.807, 2.05) is 0 Å². The zero-order valence-corrected chi connectivity index (χ0v) is 9.17. The van der Waals surface area contributed by atoms with Crippen LogP contribution in [0.5, 0.6) is 0 Å². The molecular formula is C12H22O2. The minimum absolute atomic E-state index is 0.855. The average molecular weight is 198 g/mol. The Labute approximate surface area is 87.0 Å². The Balaban J connectivity index is 0.000000280. The summed E-state index contributed by atoms with van der Waals surface area (Å²) < 4.78 is 0. The molecule has 14 heavy (non-hydrogen) atoms. The van der Waals surface area contributed by atoms with Crippen molar-refractivity contribution < 1.29 is 9.90 Å². The first kappa shape index (κ1) is 13.2. The van der Waals surface area contributed by atoms with Crippen molar-refractivity contribution in [3.8, 4) is 0 Å². The third-order valence-electron chi connectivity index (χ3n) is 2.23. The summed E-state index contributed by atoms with van der Waals surface area (Å²) in [6.07, 6.45) is 13.4. The van der Waals surface area contributed by atoms with Gasteiger partial charge >= 0.3 is 5.97 Å². The van der Waals surface area contributed by atoms with Gasteiger partial charge in [0.1, 0.15) is 0 Å². The second-order valence-electron chi connectivity index (χ2n) is 3.65. The number of hydrogen-bond acceptors (Lipinski definition) is 1. The van der Waals surface area contributed by atoms with E-state index < -0.39 is 5.97 Å². The number of unbranched alkanes of at least 4 members (excludes halogenated alkanes) is 2. The van der Waals surface area contributed by atoms with E-state index in [4.69, 9.17) is 5.11 Å². The fourth-order valence-electron chi connectivity index (χ4n) is 1.39. The Hall–Kier alpha value is -0.790. The maximum atomic E-state index is 9.88. The van der Waals surface area contributed by atoms with E-state index in [9.17, 15) is 4.79 Å². The molecule has 0 radical (unpaired) electrons. The average Bonchev–Trinajstić information content (AvgIpc) is 2.70. The highest BCUT2D eigenvalue weighted by atomic mass is 16.4.